The zero-order chi connectivity index (χ0) is 13.3. The Hall–Kier alpha value is -0.970. The van der Waals surface area contributed by atoms with Crippen LogP contribution in [0.4, 0.5) is 4.39 Å². The molecule has 1 aromatic heterocycles. The molecule has 0 aliphatic heterocycles. The smallest absolute Gasteiger partial charge is 0.128 e. The number of hydrogen-bond acceptors (Lipinski definition) is 3. The number of thiazole rings is 1. The molecule has 0 aliphatic rings. The van der Waals surface area contributed by atoms with Crippen molar-refractivity contribution in [3.8, 4) is 0 Å². The largest absolute Gasteiger partial charge is 0.307 e. The van der Waals surface area contributed by atoms with E-state index in [2.05, 4.69) is 10.3 Å². The van der Waals surface area contributed by atoms with E-state index in [9.17, 15) is 4.39 Å². The van der Waals surface area contributed by atoms with E-state index >= 15 is 0 Å². The highest BCUT2D eigenvalue weighted by Gasteiger charge is 2.20. The van der Waals surface area contributed by atoms with E-state index in [1.165, 1.54) is 6.07 Å². The zero-order valence-corrected chi connectivity index (χ0v) is 12.0. The van der Waals surface area contributed by atoms with Gasteiger partial charge in [-0.05, 0) is 39.1 Å². The van der Waals surface area contributed by atoms with Crippen LogP contribution in [0, 0.1) is 19.7 Å². The lowest BCUT2D eigenvalue weighted by Crippen LogP contribution is -2.18. The molecule has 0 radical (unpaired) electrons. The highest BCUT2D eigenvalue weighted by molar-refractivity contribution is 7.11. The van der Waals surface area contributed by atoms with Gasteiger partial charge in [0.2, 0.25) is 0 Å². The van der Waals surface area contributed by atoms with Crippen molar-refractivity contribution in [2.75, 3.05) is 7.05 Å². The molecule has 0 aliphatic carbocycles. The SMILES string of the molecule is CNC(c1nc(C)c(C)s1)c1cc(Cl)ccc1F. The molecular formula is C13H14ClFN2S. The summed E-state index contributed by atoms with van der Waals surface area (Å²) in [6.07, 6.45) is 0. The topological polar surface area (TPSA) is 24.9 Å². The van der Waals surface area contributed by atoms with E-state index in [1.807, 2.05) is 13.8 Å². The molecule has 1 unspecified atom stereocenters. The van der Waals surface area contributed by atoms with Crippen LogP contribution < -0.4 is 5.32 Å². The second kappa shape index (κ2) is 5.34. The maximum Gasteiger partial charge on any atom is 0.128 e. The van der Waals surface area contributed by atoms with Crippen molar-refractivity contribution in [3.05, 3.63) is 50.2 Å². The van der Waals surface area contributed by atoms with E-state index in [1.54, 1.807) is 30.5 Å². The Morgan fingerprint density at radius 1 is 1.39 bits per heavy atom. The van der Waals surface area contributed by atoms with E-state index in [0.29, 0.717) is 10.6 Å². The minimum Gasteiger partial charge on any atom is -0.307 e. The third kappa shape index (κ3) is 2.55. The first-order chi connectivity index (χ1) is 8.52. The first-order valence-electron chi connectivity index (χ1n) is 5.59. The third-order valence-corrected chi connectivity index (χ3v) is 4.22. The van der Waals surface area contributed by atoms with Gasteiger partial charge in [-0.3, -0.25) is 0 Å². The standard InChI is InChI=1S/C13H14ClFN2S/c1-7-8(2)18-13(17-7)12(16-3)10-6-9(14)4-5-11(10)15/h4-6,12,16H,1-3H3. The predicted molar refractivity (Wildman–Crippen MR) is 73.9 cm³/mol. The first-order valence-corrected chi connectivity index (χ1v) is 6.78. The van der Waals surface area contributed by atoms with Gasteiger partial charge in [0.05, 0.1) is 11.7 Å². The molecule has 1 heterocycles. The van der Waals surface area contributed by atoms with Crippen LogP contribution in [-0.4, -0.2) is 12.0 Å². The van der Waals surface area contributed by atoms with Crippen molar-refractivity contribution in [1.82, 2.24) is 10.3 Å². The highest BCUT2D eigenvalue weighted by atomic mass is 35.5. The maximum atomic E-state index is 13.9. The molecule has 0 amide bonds. The second-order valence-electron chi connectivity index (χ2n) is 4.08. The Balaban J connectivity index is 2.48. The number of aromatic nitrogens is 1. The summed E-state index contributed by atoms with van der Waals surface area (Å²) in [6.45, 7) is 3.97. The van der Waals surface area contributed by atoms with Gasteiger partial charge in [0, 0.05) is 15.5 Å². The van der Waals surface area contributed by atoms with Crippen LogP contribution in [0.2, 0.25) is 5.02 Å². The predicted octanol–water partition coefficient (Wildman–Crippen LogP) is 3.86. The number of nitrogens with one attached hydrogen (secondary N) is 1. The molecule has 2 nitrogen and oxygen atoms in total. The molecule has 2 aromatic rings. The molecule has 5 heteroatoms. The molecule has 2 rings (SSSR count). The molecule has 0 bridgehead atoms. The lowest BCUT2D eigenvalue weighted by Gasteiger charge is -2.15. The van der Waals surface area contributed by atoms with Gasteiger partial charge in [-0.15, -0.1) is 11.3 Å². The van der Waals surface area contributed by atoms with Crippen molar-refractivity contribution < 1.29 is 4.39 Å². The monoisotopic (exact) mass is 284 g/mol. The van der Waals surface area contributed by atoms with Crippen LogP contribution in [0.1, 0.15) is 27.2 Å². The van der Waals surface area contributed by atoms with E-state index < -0.39 is 0 Å². The number of nitrogens with zero attached hydrogens (tertiary/aromatic N) is 1. The molecule has 1 aromatic carbocycles. The number of halogens is 2. The fourth-order valence-corrected chi connectivity index (χ4v) is 3.00. The normalized spacial score (nSPS) is 12.7. The van der Waals surface area contributed by atoms with Crippen molar-refractivity contribution in [2.24, 2.45) is 0 Å². The van der Waals surface area contributed by atoms with E-state index in [0.717, 1.165) is 15.6 Å². The molecule has 0 saturated heterocycles. The highest BCUT2D eigenvalue weighted by Crippen LogP contribution is 2.30. The number of aryl methyl sites for hydroxylation is 2. The van der Waals surface area contributed by atoms with Crippen LogP contribution in [0.3, 0.4) is 0 Å². The van der Waals surface area contributed by atoms with Gasteiger partial charge in [0.25, 0.3) is 0 Å². The summed E-state index contributed by atoms with van der Waals surface area (Å²) in [5.74, 6) is -0.274. The summed E-state index contributed by atoms with van der Waals surface area (Å²) >= 11 is 7.50. The average molecular weight is 285 g/mol. The van der Waals surface area contributed by atoms with Crippen LogP contribution in [0.5, 0.6) is 0 Å². The summed E-state index contributed by atoms with van der Waals surface area (Å²) in [4.78, 5) is 5.62. The third-order valence-electron chi connectivity index (χ3n) is 2.85. The summed E-state index contributed by atoms with van der Waals surface area (Å²) in [5, 5.41) is 4.47. The summed E-state index contributed by atoms with van der Waals surface area (Å²) in [5.41, 5.74) is 1.51. The first kappa shape index (κ1) is 13.5. The van der Waals surface area contributed by atoms with E-state index in [4.69, 9.17) is 11.6 Å². The lowest BCUT2D eigenvalue weighted by atomic mass is 10.1. The Morgan fingerprint density at radius 2 is 2.11 bits per heavy atom. The minimum atomic E-state index is -0.274. The number of hydrogen-bond donors (Lipinski definition) is 1. The van der Waals surface area contributed by atoms with Crippen LogP contribution >= 0.6 is 22.9 Å². The van der Waals surface area contributed by atoms with E-state index in [-0.39, 0.29) is 11.9 Å². The molecule has 96 valence electrons. The van der Waals surface area contributed by atoms with Crippen LogP contribution in [0.25, 0.3) is 0 Å². The van der Waals surface area contributed by atoms with Gasteiger partial charge in [0.1, 0.15) is 10.8 Å². The summed E-state index contributed by atoms with van der Waals surface area (Å²) in [7, 11) is 1.79. The van der Waals surface area contributed by atoms with Gasteiger partial charge in [0.15, 0.2) is 0 Å². The molecule has 18 heavy (non-hydrogen) atoms. The zero-order valence-electron chi connectivity index (χ0n) is 10.4. The van der Waals surface area contributed by atoms with Crippen molar-refractivity contribution in [1.29, 1.82) is 0 Å². The Labute approximate surface area is 115 Å². The molecule has 0 spiro atoms. The Morgan fingerprint density at radius 3 is 2.67 bits per heavy atom. The minimum absolute atomic E-state index is 0.263. The quantitative estimate of drug-likeness (QED) is 0.926. The second-order valence-corrected chi connectivity index (χ2v) is 5.75. The average Bonchev–Trinajstić information content (AvgIpc) is 2.65. The Bertz CT molecular complexity index is 549. The Kier molecular flexibility index (Phi) is 4.00. The van der Waals surface area contributed by atoms with Gasteiger partial charge >= 0.3 is 0 Å². The molecule has 0 fully saturated rings. The maximum absolute atomic E-state index is 13.9. The lowest BCUT2D eigenvalue weighted by molar-refractivity contribution is 0.575. The number of benzene rings is 1. The molecule has 0 saturated carbocycles. The van der Waals surface area contributed by atoms with Crippen molar-refractivity contribution in [2.45, 2.75) is 19.9 Å². The fraction of sp³-hybridized carbons (Fsp3) is 0.308. The van der Waals surface area contributed by atoms with Crippen molar-refractivity contribution >= 4 is 22.9 Å². The van der Waals surface area contributed by atoms with Crippen molar-refractivity contribution in [3.63, 3.8) is 0 Å². The van der Waals surface area contributed by atoms with Crippen LogP contribution in [-0.2, 0) is 0 Å². The van der Waals surface area contributed by atoms with Gasteiger partial charge in [-0.2, -0.15) is 0 Å². The summed E-state index contributed by atoms with van der Waals surface area (Å²) < 4.78 is 13.9. The van der Waals surface area contributed by atoms with Crippen LogP contribution in [0.15, 0.2) is 18.2 Å². The summed E-state index contributed by atoms with van der Waals surface area (Å²) in [6, 6.07) is 4.31. The fourth-order valence-electron chi connectivity index (χ4n) is 1.77. The van der Waals surface area contributed by atoms with Gasteiger partial charge in [-0.25, -0.2) is 9.37 Å². The number of rotatable bonds is 3. The molecular weight excluding hydrogens is 271 g/mol. The molecule has 1 N–H and O–H groups in total. The van der Waals surface area contributed by atoms with Gasteiger partial charge in [-0.1, -0.05) is 11.6 Å². The molecule has 1 atom stereocenters. The van der Waals surface area contributed by atoms with Gasteiger partial charge < -0.3 is 5.32 Å².